The molecule has 1 aliphatic heterocycles. The summed E-state index contributed by atoms with van der Waals surface area (Å²) >= 11 is 0. The third-order valence-corrected chi connectivity index (χ3v) is 4.45. The lowest BCUT2D eigenvalue weighted by Crippen LogP contribution is -2.49. The average molecular weight is 383 g/mol. The molecular formula is C18H17F4N3O2. The topological polar surface area (TPSA) is 66.1 Å². The van der Waals surface area contributed by atoms with Crippen molar-refractivity contribution in [2.45, 2.75) is 31.6 Å². The zero-order valence-corrected chi connectivity index (χ0v) is 14.4. The van der Waals surface area contributed by atoms with Gasteiger partial charge in [0, 0.05) is 12.5 Å². The van der Waals surface area contributed by atoms with E-state index in [0.29, 0.717) is 5.56 Å². The molecule has 27 heavy (non-hydrogen) atoms. The minimum absolute atomic E-state index is 0.0208. The summed E-state index contributed by atoms with van der Waals surface area (Å²) in [4.78, 5) is 32.3. The third kappa shape index (κ3) is 4.35. The van der Waals surface area contributed by atoms with E-state index in [1.54, 1.807) is 6.92 Å². The van der Waals surface area contributed by atoms with Gasteiger partial charge < -0.3 is 4.90 Å². The summed E-state index contributed by atoms with van der Waals surface area (Å²) in [5.74, 6) is -0.627. The summed E-state index contributed by atoms with van der Waals surface area (Å²) in [5.41, 5.74) is -0.751. The molecule has 1 saturated heterocycles. The van der Waals surface area contributed by atoms with E-state index < -0.39 is 29.3 Å². The fourth-order valence-electron chi connectivity index (χ4n) is 2.84. The van der Waals surface area contributed by atoms with E-state index in [1.807, 2.05) is 0 Å². The van der Waals surface area contributed by atoms with E-state index in [4.69, 9.17) is 0 Å². The molecule has 1 aromatic heterocycles. The number of Topliss-reactive ketones (excluding diaryl/α,β-unsaturated/α-hetero) is 1. The number of aromatic nitrogens is 2. The quantitative estimate of drug-likeness (QED) is 0.635. The number of rotatable bonds is 5. The normalized spacial score (nSPS) is 16.1. The largest absolute Gasteiger partial charge is 0.416 e. The van der Waals surface area contributed by atoms with Gasteiger partial charge >= 0.3 is 6.18 Å². The van der Waals surface area contributed by atoms with Crippen LogP contribution in [0.4, 0.5) is 23.5 Å². The highest BCUT2D eigenvalue weighted by atomic mass is 19.4. The maximum atomic E-state index is 13.0. The van der Waals surface area contributed by atoms with Crippen LogP contribution in [0.1, 0.15) is 40.9 Å². The molecule has 1 fully saturated rings. The highest BCUT2D eigenvalue weighted by Gasteiger charge is 2.30. The van der Waals surface area contributed by atoms with Crippen LogP contribution in [0.5, 0.6) is 0 Å². The molecule has 0 unspecified atom stereocenters. The molecule has 144 valence electrons. The van der Waals surface area contributed by atoms with Crippen molar-refractivity contribution in [3.8, 4) is 0 Å². The molecular weight excluding hydrogens is 366 g/mol. The number of nitrogens with one attached hydrogen (secondary N) is 1. The maximum absolute atomic E-state index is 13.0. The molecule has 3 rings (SSSR count). The highest BCUT2D eigenvalue weighted by molar-refractivity contribution is 5.94. The van der Waals surface area contributed by atoms with Gasteiger partial charge in [-0.2, -0.15) is 13.2 Å². The summed E-state index contributed by atoms with van der Waals surface area (Å²) < 4.78 is 50.9. The van der Waals surface area contributed by atoms with Crippen LogP contribution in [0.3, 0.4) is 0 Å². The number of alkyl halides is 4. The first kappa shape index (κ1) is 19.1. The van der Waals surface area contributed by atoms with Gasteiger partial charge in [0.25, 0.3) is 5.56 Å². The van der Waals surface area contributed by atoms with Crippen molar-refractivity contribution in [3.05, 3.63) is 57.5 Å². The maximum Gasteiger partial charge on any atom is 0.416 e. The van der Waals surface area contributed by atoms with Crippen molar-refractivity contribution in [2.24, 2.45) is 0 Å². The molecule has 9 heteroatoms. The minimum atomic E-state index is -4.42. The summed E-state index contributed by atoms with van der Waals surface area (Å²) in [7, 11) is 0. The summed E-state index contributed by atoms with van der Waals surface area (Å²) in [5, 5.41) is 0. The van der Waals surface area contributed by atoms with Crippen LogP contribution in [0.2, 0.25) is 0 Å². The Morgan fingerprint density at radius 1 is 1.30 bits per heavy atom. The second kappa shape index (κ2) is 7.13. The van der Waals surface area contributed by atoms with Crippen LogP contribution in [0.15, 0.2) is 35.1 Å². The smallest absolute Gasteiger partial charge is 0.336 e. The van der Waals surface area contributed by atoms with E-state index in [-0.39, 0.29) is 37.1 Å². The monoisotopic (exact) mass is 383 g/mol. The summed E-state index contributed by atoms with van der Waals surface area (Å²) in [6.07, 6.45) is -5.43. The first-order valence-corrected chi connectivity index (χ1v) is 8.34. The number of hydrogen-bond acceptors (Lipinski definition) is 4. The van der Waals surface area contributed by atoms with E-state index >= 15 is 0 Å². The minimum Gasteiger partial charge on any atom is -0.336 e. The Hall–Kier alpha value is -2.71. The van der Waals surface area contributed by atoms with Crippen LogP contribution in [0, 0.1) is 0 Å². The fraction of sp³-hybridized carbons (Fsp3) is 0.389. The lowest BCUT2D eigenvalue weighted by molar-refractivity contribution is -0.137. The van der Waals surface area contributed by atoms with Gasteiger partial charge in [0.2, 0.25) is 5.95 Å². The van der Waals surface area contributed by atoms with Gasteiger partial charge in [-0.05, 0) is 23.6 Å². The Morgan fingerprint density at radius 2 is 1.93 bits per heavy atom. The first-order valence-electron chi connectivity index (χ1n) is 8.34. The van der Waals surface area contributed by atoms with Crippen LogP contribution in [-0.2, 0) is 6.18 Å². The summed E-state index contributed by atoms with van der Waals surface area (Å²) in [6, 6.07) is 5.67. The highest BCUT2D eigenvalue weighted by Crippen LogP contribution is 2.31. The van der Waals surface area contributed by atoms with E-state index in [1.165, 1.54) is 17.0 Å². The van der Waals surface area contributed by atoms with Crippen molar-refractivity contribution >= 4 is 11.7 Å². The van der Waals surface area contributed by atoms with Gasteiger partial charge in [0.1, 0.15) is 11.9 Å². The van der Waals surface area contributed by atoms with Crippen molar-refractivity contribution in [1.82, 2.24) is 9.97 Å². The van der Waals surface area contributed by atoms with Gasteiger partial charge in [-0.15, -0.1) is 0 Å². The number of benzene rings is 1. The van der Waals surface area contributed by atoms with E-state index in [0.717, 1.165) is 18.2 Å². The van der Waals surface area contributed by atoms with Gasteiger partial charge in [-0.25, -0.2) is 9.37 Å². The molecule has 0 spiro atoms. The molecule has 0 bridgehead atoms. The van der Waals surface area contributed by atoms with Crippen molar-refractivity contribution in [3.63, 3.8) is 0 Å². The van der Waals surface area contributed by atoms with Crippen molar-refractivity contribution < 1.29 is 22.4 Å². The van der Waals surface area contributed by atoms with Gasteiger partial charge in [-0.1, -0.05) is 19.1 Å². The third-order valence-electron chi connectivity index (χ3n) is 4.45. The Labute approximate surface area is 152 Å². The van der Waals surface area contributed by atoms with Gasteiger partial charge in [0.15, 0.2) is 5.78 Å². The second-order valence-electron chi connectivity index (χ2n) is 6.60. The molecule has 1 aromatic carbocycles. The van der Waals surface area contributed by atoms with Gasteiger partial charge in [-0.3, -0.25) is 14.6 Å². The predicted octanol–water partition coefficient (Wildman–Crippen LogP) is 3.32. The Balaban J connectivity index is 1.72. The van der Waals surface area contributed by atoms with E-state index in [2.05, 4.69) is 9.97 Å². The summed E-state index contributed by atoms with van der Waals surface area (Å²) in [6.45, 7) is 1.91. The zero-order chi connectivity index (χ0) is 19.8. The molecule has 0 radical (unpaired) electrons. The average Bonchev–Trinajstić information content (AvgIpc) is 2.57. The standard InChI is InChI=1S/C18H17F4N3O2/c1-10(11-2-4-12(5-3-11)18(20,21)22)6-15(26)14-7-16(27)24-17(23-14)25-8-13(19)9-25/h2-5,7,10,13H,6,8-9H2,1H3,(H,23,24,27)/t10-/m0/s1. The number of H-pyrrole nitrogens is 1. The first-order chi connectivity index (χ1) is 12.6. The molecule has 0 saturated carbocycles. The van der Waals surface area contributed by atoms with Gasteiger partial charge in [0.05, 0.1) is 18.7 Å². The molecule has 1 atom stereocenters. The predicted molar refractivity (Wildman–Crippen MR) is 90.8 cm³/mol. The number of ketones is 1. The number of halogens is 4. The lowest BCUT2D eigenvalue weighted by Gasteiger charge is -2.34. The molecule has 5 nitrogen and oxygen atoms in total. The molecule has 2 heterocycles. The number of carbonyl (C=O) groups excluding carboxylic acids is 1. The molecule has 1 N–H and O–H groups in total. The fourth-order valence-corrected chi connectivity index (χ4v) is 2.84. The number of anilines is 1. The van der Waals surface area contributed by atoms with Crippen molar-refractivity contribution in [1.29, 1.82) is 0 Å². The molecule has 1 aliphatic rings. The number of carbonyl (C=O) groups is 1. The number of hydrogen-bond donors (Lipinski definition) is 1. The number of aromatic amines is 1. The van der Waals surface area contributed by atoms with Crippen LogP contribution in [-0.4, -0.2) is 35.0 Å². The van der Waals surface area contributed by atoms with Crippen LogP contribution < -0.4 is 10.5 Å². The molecule has 2 aromatic rings. The van der Waals surface area contributed by atoms with Crippen LogP contribution in [0.25, 0.3) is 0 Å². The number of nitrogens with zero attached hydrogens (tertiary/aromatic N) is 2. The Kier molecular flexibility index (Phi) is 5.03. The Morgan fingerprint density at radius 3 is 2.48 bits per heavy atom. The lowest BCUT2D eigenvalue weighted by atomic mass is 9.94. The molecule has 0 aliphatic carbocycles. The van der Waals surface area contributed by atoms with E-state index in [9.17, 15) is 27.2 Å². The molecule has 0 amide bonds. The SMILES string of the molecule is C[C@@H](CC(=O)c1cc(=O)[nH]c(N2CC(F)C2)n1)c1ccc(C(F)(F)F)cc1. The second-order valence-corrected chi connectivity index (χ2v) is 6.60. The zero-order valence-electron chi connectivity index (χ0n) is 14.4. The Bertz CT molecular complexity index is 887. The van der Waals surface area contributed by atoms with Crippen molar-refractivity contribution in [2.75, 3.05) is 18.0 Å². The van der Waals surface area contributed by atoms with Crippen LogP contribution >= 0.6 is 0 Å².